The fraction of sp³-hybridized carbons (Fsp3) is 0. The number of hydrogen-bond acceptors (Lipinski definition) is 3. The van der Waals surface area contributed by atoms with Crippen LogP contribution in [0, 0.1) is 0 Å². The van der Waals surface area contributed by atoms with Gasteiger partial charge in [-0.05, 0) is 12.1 Å². The zero-order valence-corrected chi connectivity index (χ0v) is 5.33. The number of nitrogens with zero attached hydrogens (tertiary/aromatic N) is 1. The summed E-state index contributed by atoms with van der Waals surface area (Å²) in [5.41, 5.74) is 5.72. The van der Waals surface area contributed by atoms with Crippen LogP contribution in [0.25, 0.3) is 12.4 Å². The molecule has 2 rings (SSSR count). The van der Waals surface area contributed by atoms with E-state index in [4.69, 9.17) is 0 Å². The first-order chi connectivity index (χ1) is 4.97. The highest BCUT2D eigenvalue weighted by molar-refractivity contribution is 5.30. The van der Waals surface area contributed by atoms with Crippen molar-refractivity contribution >= 4 is 12.4 Å². The summed E-state index contributed by atoms with van der Waals surface area (Å²) in [6, 6.07) is 3.92. The highest BCUT2D eigenvalue weighted by atomic mass is 15.3. The predicted molar refractivity (Wildman–Crippen MR) is 38.7 cm³/mol. The molecule has 1 aliphatic heterocycles. The quantitative estimate of drug-likeness (QED) is 0.460. The molecule has 1 aromatic heterocycles. The Bertz CT molecular complexity index is 307. The van der Waals surface area contributed by atoms with Crippen molar-refractivity contribution in [1.82, 2.24) is 15.8 Å². The molecule has 1 aliphatic rings. The molecule has 3 heteroatoms. The third kappa shape index (κ3) is 0.719. The Morgan fingerprint density at radius 1 is 1.20 bits per heavy atom. The lowest BCUT2D eigenvalue weighted by molar-refractivity contribution is 0.836. The van der Waals surface area contributed by atoms with Crippen molar-refractivity contribution < 1.29 is 0 Å². The second-order valence-electron chi connectivity index (χ2n) is 2.06. The Kier molecular flexibility index (Phi) is 1.07. The van der Waals surface area contributed by atoms with Gasteiger partial charge in [0.25, 0.3) is 0 Å². The number of pyridine rings is 1. The van der Waals surface area contributed by atoms with E-state index in [2.05, 4.69) is 15.8 Å². The number of hydrazine groups is 1. The Hall–Kier alpha value is -1.51. The molecule has 1 aromatic rings. The smallest absolute Gasteiger partial charge is 0.0892 e. The first-order valence-electron chi connectivity index (χ1n) is 3.09. The molecule has 2 heterocycles. The van der Waals surface area contributed by atoms with Crippen LogP contribution >= 0.6 is 0 Å². The van der Waals surface area contributed by atoms with Gasteiger partial charge in [-0.25, -0.2) is 0 Å². The molecule has 2 N–H and O–H groups in total. The average molecular weight is 133 g/mol. The van der Waals surface area contributed by atoms with Crippen LogP contribution in [0.4, 0.5) is 0 Å². The first kappa shape index (κ1) is 5.29. The summed E-state index contributed by atoms with van der Waals surface area (Å²) in [7, 11) is 0. The van der Waals surface area contributed by atoms with Gasteiger partial charge in [-0.1, -0.05) is 0 Å². The molecule has 0 saturated heterocycles. The minimum absolute atomic E-state index is 0.973. The summed E-state index contributed by atoms with van der Waals surface area (Å²) in [5.74, 6) is 0. The molecule has 50 valence electrons. The summed E-state index contributed by atoms with van der Waals surface area (Å²) in [5, 5.41) is 2.09. The molecular weight excluding hydrogens is 126 g/mol. The van der Waals surface area contributed by atoms with Gasteiger partial charge in [0.1, 0.15) is 0 Å². The van der Waals surface area contributed by atoms with Gasteiger partial charge in [0, 0.05) is 23.8 Å². The van der Waals surface area contributed by atoms with Gasteiger partial charge in [0.15, 0.2) is 0 Å². The minimum atomic E-state index is 0.973. The maximum absolute atomic E-state index is 4.13. The number of fused-ring (bicyclic) bond motifs is 1. The van der Waals surface area contributed by atoms with Crippen LogP contribution in [0.5, 0.6) is 0 Å². The Morgan fingerprint density at radius 3 is 3.00 bits per heavy atom. The van der Waals surface area contributed by atoms with Crippen molar-refractivity contribution in [2.75, 3.05) is 0 Å². The second kappa shape index (κ2) is 2.02. The van der Waals surface area contributed by atoms with Gasteiger partial charge in [-0.2, -0.15) is 0 Å². The van der Waals surface area contributed by atoms with Crippen LogP contribution in [0.1, 0.15) is 0 Å². The standard InChI is InChI=1S/C7H7N3/c1-2-6-4-9-10-5-7(6)8-3-1/h1-5,9-10H. The summed E-state index contributed by atoms with van der Waals surface area (Å²) in [4.78, 5) is 4.13. The van der Waals surface area contributed by atoms with E-state index < -0.39 is 0 Å². The van der Waals surface area contributed by atoms with Gasteiger partial charge in [0.05, 0.1) is 5.35 Å². The van der Waals surface area contributed by atoms with E-state index in [1.54, 1.807) is 6.20 Å². The molecule has 0 saturated carbocycles. The second-order valence-corrected chi connectivity index (χ2v) is 2.06. The van der Waals surface area contributed by atoms with Gasteiger partial charge < -0.3 is 10.9 Å². The van der Waals surface area contributed by atoms with E-state index in [9.17, 15) is 0 Å². The third-order valence-electron chi connectivity index (χ3n) is 1.39. The molecule has 0 atom stereocenters. The van der Waals surface area contributed by atoms with Crippen molar-refractivity contribution in [1.29, 1.82) is 0 Å². The monoisotopic (exact) mass is 133 g/mol. The molecule has 0 amide bonds. The van der Waals surface area contributed by atoms with E-state index in [1.165, 1.54) is 0 Å². The lowest BCUT2D eigenvalue weighted by Crippen LogP contribution is -2.40. The van der Waals surface area contributed by atoms with Crippen LogP contribution < -0.4 is 21.4 Å². The van der Waals surface area contributed by atoms with Crippen molar-refractivity contribution in [3.05, 3.63) is 28.9 Å². The Balaban J connectivity index is 2.84. The van der Waals surface area contributed by atoms with Crippen LogP contribution in [-0.4, -0.2) is 4.98 Å². The summed E-state index contributed by atoms with van der Waals surface area (Å²) in [6.45, 7) is 0. The highest BCUT2D eigenvalue weighted by Crippen LogP contribution is 1.67. The molecule has 0 bridgehead atoms. The minimum Gasteiger partial charge on any atom is -0.308 e. The first-order valence-corrected chi connectivity index (χ1v) is 3.09. The average Bonchev–Trinajstić information content (AvgIpc) is 2.05. The lowest BCUT2D eigenvalue weighted by Gasteiger charge is -2.02. The van der Waals surface area contributed by atoms with Crippen LogP contribution in [0.15, 0.2) is 18.3 Å². The van der Waals surface area contributed by atoms with E-state index in [0.29, 0.717) is 0 Å². The van der Waals surface area contributed by atoms with Gasteiger partial charge in [0.2, 0.25) is 0 Å². The highest BCUT2D eigenvalue weighted by Gasteiger charge is 1.87. The van der Waals surface area contributed by atoms with Gasteiger partial charge >= 0.3 is 0 Å². The molecule has 0 aromatic carbocycles. The lowest BCUT2D eigenvalue weighted by atomic mass is 10.3. The maximum Gasteiger partial charge on any atom is 0.0892 e. The van der Waals surface area contributed by atoms with Crippen molar-refractivity contribution in [2.45, 2.75) is 0 Å². The summed E-state index contributed by atoms with van der Waals surface area (Å²) >= 11 is 0. The molecule has 0 unspecified atom stereocenters. The Labute approximate surface area is 58.1 Å². The number of hydrogen-bond donors (Lipinski definition) is 2. The van der Waals surface area contributed by atoms with Crippen LogP contribution in [0.2, 0.25) is 0 Å². The van der Waals surface area contributed by atoms with Crippen molar-refractivity contribution in [2.24, 2.45) is 0 Å². The molecule has 0 spiro atoms. The van der Waals surface area contributed by atoms with Crippen LogP contribution in [-0.2, 0) is 0 Å². The molecule has 0 fully saturated rings. The normalized spacial score (nSPS) is 13.2. The SMILES string of the molecule is C1=c2cccnc2=CNN1. The molecule has 0 aliphatic carbocycles. The topological polar surface area (TPSA) is 37.0 Å². The number of nitrogens with one attached hydrogen (secondary N) is 2. The molecule has 0 radical (unpaired) electrons. The zero-order valence-electron chi connectivity index (χ0n) is 5.33. The van der Waals surface area contributed by atoms with E-state index in [-0.39, 0.29) is 0 Å². The van der Waals surface area contributed by atoms with Gasteiger partial charge in [-0.3, -0.25) is 4.98 Å². The van der Waals surface area contributed by atoms with E-state index >= 15 is 0 Å². The molecule has 3 nitrogen and oxygen atoms in total. The predicted octanol–water partition coefficient (Wildman–Crippen LogP) is -1.33. The maximum atomic E-state index is 4.13. The third-order valence-corrected chi connectivity index (χ3v) is 1.39. The van der Waals surface area contributed by atoms with E-state index in [1.807, 2.05) is 24.5 Å². The Morgan fingerprint density at radius 2 is 2.10 bits per heavy atom. The summed E-state index contributed by atoms with van der Waals surface area (Å²) < 4.78 is 0. The fourth-order valence-corrected chi connectivity index (χ4v) is 0.902. The van der Waals surface area contributed by atoms with Crippen LogP contribution in [0.3, 0.4) is 0 Å². The van der Waals surface area contributed by atoms with Gasteiger partial charge in [-0.15, -0.1) is 0 Å². The van der Waals surface area contributed by atoms with Crippen molar-refractivity contribution in [3.63, 3.8) is 0 Å². The van der Waals surface area contributed by atoms with Crippen molar-refractivity contribution in [3.8, 4) is 0 Å². The zero-order chi connectivity index (χ0) is 6.81. The number of rotatable bonds is 0. The summed E-state index contributed by atoms with van der Waals surface area (Å²) in [6.07, 6.45) is 5.48. The number of aromatic nitrogens is 1. The molecule has 10 heavy (non-hydrogen) atoms. The fourth-order valence-electron chi connectivity index (χ4n) is 0.902. The largest absolute Gasteiger partial charge is 0.308 e. The molecular formula is C7H7N3. The van der Waals surface area contributed by atoms with E-state index in [0.717, 1.165) is 10.6 Å².